The molecule has 0 saturated heterocycles. The predicted molar refractivity (Wildman–Crippen MR) is 82.1 cm³/mol. The molecule has 0 saturated carbocycles. The topological polar surface area (TPSA) is 80.5 Å². The first kappa shape index (κ1) is 17.9. The average molecular weight is 335 g/mol. The molecule has 0 heterocycles. The van der Waals surface area contributed by atoms with Crippen molar-refractivity contribution in [2.45, 2.75) is 38.6 Å². The monoisotopic (exact) mass is 334 g/mol. The lowest BCUT2D eigenvalue weighted by Gasteiger charge is -2.27. The van der Waals surface area contributed by atoms with E-state index in [4.69, 9.17) is 11.6 Å². The molecule has 1 atom stereocenters. The van der Waals surface area contributed by atoms with Gasteiger partial charge in [0.1, 0.15) is 5.02 Å². The number of hydrogen-bond donors (Lipinski definition) is 0. The van der Waals surface area contributed by atoms with Gasteiger partial charge < -0.3 is 0 Å². The van der Waals surface area contributed by atoms with Crippen molar-refractivity contribution >= 4 is 27.3 Å². The number of halogens is 1. The SMILES string of the molecule is Cc1cc(Cl)c([N+](=O)[O-])cc1S(=O)(=O)N(C)C(C)C(C)C. The fourth-order valence-corrected chi connectivity index (χ4v) is 3.86. The summed E-state index contributed by atoms with van der Waals surface area (Å²) in [6.45, 7) is 7.18. The molecule has 0 aliphatic carbocycles. The van der Waals surface area contributed by atoms with E-state index < -0.39 is 20.6 Å². The van der Waals surface area contributed by atoms with E-state index in [1.165, 1.54) is 17.4 Å². The Labute approximate surface area is 129 Å². The van der Waals surface area contributed by atoms with Crippen molar-refractivity contribution in [2.75, 3.05) is 7.05 Å². The molecule has 0 aliphatic rings. The zero-order chi connectivity index (χ0) is 16.5. The van der Waals surface area contributed by atoms with E-state index in [9.17, 15) is 18.5 Å². The zero-order valence-corrected chi connectivity index (χ0v) is 14.2. The maximum Gasteiger partial charge on any atom is 0.289 e. The van der Waals surface area contributed by atoms with Crippen LogP contribution in [0.4, 0.5) is 5.69 Å². The van der Waals surface area contributed by atoms with Crippen LogP contribution in [0, 0.1) is 23.0 Å². The summed E-state index contributed by atoms with van der Waals surface area (Å²) < 4.78 is 26.5. The van der Waals surface area contributed by atoms with Gasteiger partial charge in [0.15, 0.2) is 0 Å². The molecule has 0 N–H and O–H groups in total. The summed E-state index contributed by atoms with van der Waals surface area (Å²) in [6, 6.07) is 2.10. The molecular formula is C13H19ClN2O4S. The lowest BCUT2D eigenvalue weighted by Crippen LogP contribution is -2.38. The van der Waals surface area contributed by atoms with Crippen molar-refractivity contribution in [3.63, 3.8) is 0 Å². The molecule has 0 aliphatic heterocycles. The minimum atomic E-state index is -3.82. The Hall–Kier alpha value is -1.18. The lowest BCUT2D eigenvalue weighted by atomic mass is 10.1. The third-order valence-corrected chi connectivity index (χ3v) is 6.03. The minimum Gasteiger partial charge on any atom is -0.258 e. The van der Waals surface area contributed by atoms with Gasteiger partial charge in [0.25, 0.3) is 5.69 Å². The second kappa shape index (κ2) is 6.29. The molecule has 0 bridgehead atoms. The van der Waals surface area contributed by atoms with Gasteiger partial charge in [-0.15, -0.1) is 0 Å². The fourth-order valence-electron chi connectivity index (χ4n) is 1.85. The van der Waals surface area contributed by atoms with E-state index in [0.717, 1.165) is 6.07 Å². The normalized spacial score (nSPS) is 13.7. The van der Waals surface area contributed by atoms with Gasteiger partial charge in [-0.3, -0.25) is 10.1 Å². The highest BCUT2D eigenvalue weighted by molar-refractivity contribution is 7.89. The molecule has 118 valence electrons. The summed E-state index contributed by atoms with van der Waals surface area (Å²) in [7, 11) is -2.34. The van der Waals surface area contributed by atoms with Crippen molar-refractivity contribution in [3.05, 3.63) is 32.8 Å². The van der Waals surface area contributed by atoms with Crippen LogP contribution < -0.4 is 0 Å². The van der Waals surface area contributed by atoms with Crippen LogP contribution in [0.25, 0.3) is 0 Å². The number of hydrogen-bond acceptors (Lipinski definition) is 4. The summed E-state index contributed by atoms with van der Waals surface area (Å²) in [5, 5.41) is 10.9. The van der Waals surface area contributed by atoms with Crippen molar-refractivity contribution in [1.82, 2.24) is 4.31 Å². The number of benzene rings is 1. The standard InChI is InChI=1S/C13H19ClN2O4S/c1-8(2)10(4)15(5)21(19,20)13-7-12(16(17)18)11(14)6-9(13)3/h6-8,10H,1-5H3. The Morgan fingerprint density at radius 3 is 2.24 bits per heavy atom. The van der Waals surface area contributed by atoms with Gasteiger partial charge in [-0.25, -0.2) is 8.42 Å². The minimum absolute atomic E-state index is 0.0731. The van der Waals surface area contributed by atoms with Crippen molar-refractivity contribution in [2.24, 2.45) is 5.92 Å². The Morgan fingerprint density at radius 1 is 1.29 bits per heavy atom. The lowest BCUT2D eigenvalue weighted by molar-refractivity contribution is -0.384. The van der Waals surface area contributed by atoms with E-state index >= 15 is 0 Å². The van der Waals surface area contributed by atoms with Gasteiger partial charge in [-0.05, 0) is 31.4 Å². The molecule has 6 nitrogen and oxygen atoms in total. The van der Waals surface area contributed by atoms with E-state index in [1.807, 2.05) is 13.8 Å². The third-order valence-electron chi connectivity index (χ3n) is 3.64. The average Bonchev–Trinajstić information content (AvgIpc) is 2.35. The van der Waals surface area contributed by atoms with E-state index in [0.29, 0.717) is 5.56 Å². The number of aryl methyl sites for hydroxylation is 1. The molecule has 21 heavy (non-hydrogen) atoms. The molecule has 1 aromatic rings. The third kappa shape index (κ3) is 3.53. The van der Waals surface area contributed by atoms with Gasteiger partial charge in [-0.2, -0.15) is 4.31 Å². The van der Waals surface area contributed by atoms with Crippen molar-refractivity contribution < 1.29 is 13.3 Å². The van der Waals surface area contributed by atoms with Crippen molar-refractivity contribution in [1.29, 1.82) is 0 Å². The Balaban J connectivity index is 3.45. The molecule has 8 heteroatoms. The quantitative estimate of drug-likeness (QED) is 0.611. The molecule has 0 aromatic heterocycles. The van der Waals surface area contributed by atoms with Crippen LogP contribution in [-0.4, -0.2) is 30.7 Å². The highest BCUT2D eigenvalue weighted by Crippen LogP contribution is 2.32. The highest BCUT2D eigenvalue weighted by Gasteiger charge is 2.30. The first-order valence-electron chi connectivity index (χ1n) is 6.42. The van der Waals surface area contributed by atoms with E-state index in [-0.39, 0.29) is 21.9 Å². The van der Waals surface area contributed by atoms with Crippen LogP contribution in [0.5, 0.6) is 0 Å². The number of rotatable bonds is 5. The molecule has 1 aromatic carbocycles. The summed E-state index contributed by atoms with van der Waals surface area (Å²) in [5.74, 6) is 0.118. The maximum absolute atomic E-state index is 12.6. The first-order chi connectivity index (χ1) is 9.50. The van der Waals surface area contributed by atoms with Gasteiger partial charge in [-0.1, -0.05) is 25.4 Å². The van der Waals surface area contributed by atoms with Gasteiger partial charge in [0.2, 0.25) is 10.0 Å². The summed E-state index contributed by atoms with van der Waals surface area (Å²) in [4.78, 5) is 10.2. The molecule has 1 unspecified atom stereocenters. The van der Waals surface area contributed by atoms with Gasteiger partial charge in [0, 0.05) is 19.2 Å². The second-order valence-corrected chi connectivity index (χ2v) is 7.71. The van der Waals surface area contributed by atoms with Crippen molar-refractivity contribution in [3.8, 4) is 0 Å². The van der Waals surface area contributed by atoms with Crippen LogP contribution in [0.15, 0.2) is 17.0 Å². The predicted octanol–water partition coefficient (Wildman–Crippen LogP) is 3.22. The van der Waals surface area contributed by atoms with E-state index in [1.54, 1.807) is 13.8 Å². The van der Waals surface area contributed by atoms with Crippen LogP contribution in [0.1, 0.15) is 26.3 Å². The molecule has 0 amide bonds. The Morgan fingerprint density at radius 2 is 1.81 bits per heavy atom. The van der Waals surface area contributed by atoms with Crippen LogP contribution in [0.2, 0.25) is 5.02 Å². The largest absolute Gasteiger partial charge is 0.289 e. The maximum atomic E-state index is 12.6. The number of nitro benzene ring substituents is 1. The van der Waals surface area contributed by atoms with Gasteiger partial charge in [0.05, 0.1) is 9.82 Å². The molecule has 0 radical (unpaired) electrons. The molecular weight excluding hydrogens is 316 g/mol. The number of nitrogens with zero attached hydrogens (tertiary/aromatic N) is 2. The molecule has 0 fully saturated rings. The van der Waals surface area contributed by atoms with Crippen LogP contribution in [0.3, 0.4) is 0 Å². The fraction of sp³-hybridized carbons (Fsp3) is 0.538. The summed E-state index contributed by atoms with van der Waals surface area (Å²) in [6.07, 6.45) is 0. The van der Waals surface area contributed by atoms with Gasteiger partial charge >= 0.3 is 0 Å². The Bertz CT molecular complexity index is 658. The summed E-state index contributed by atoms with van der Waals surface area (Å²) in [5.41, 5.74) is -0.0279. The second-order valence-electron chi connectivity index (χ2n) is 5.33. The van der Waals surface area contributed by atoms with Crippen LogP contribution >= 0.6 is 11.6 Å². The Kier molecular flexibility index (Phi) is 5.35. The highest BCUT2D eigenvalue weighted by atomic mass is 35.5. The molecule has 1 rings (SSSR count). The summed E-state index contributed by atoms with van der Waals surface area (Å²) >= 11 is 5.79. The number of nitro groups is 1. The number of sulfonamides is 1. The zero-order valence-electron chi connectivity index (χ0n) is 12.6. The van der Waals surface area contributed by atoms with Crippen LogP contribution in [-0.2, 0) is 10.0 Å². The molecule has 0 spiro atoms. The smallest absolute Gasteiger partial charge is 0.258 e. The van der Waals surface area contributed by atoms with E-state index in [2.05, 4.69) is 0 Å². The first-order valence-corrected chi connectivity index (χ1v) is 8.24.